The quantitative estimate of drug-likeness (QED) is 0.468. The summed E-state index contributed by atoms with van der Waals surface area (Å²) < 4.78 is 41.4. The molecule has 0 fully saturated rings. The zero-order valence-corrected chi connectivity index (χ0v) is 17.0. The van der Waals surface area contributed by atoms with E-state index in [1.807, 2.05) is 18.2 Å². The summed E-state index contributed by atoms with van der Waals surface area (Å²) in [6, 6.07) is 11.0. The minimum atomic E-state index is -4.50. The summed E-state index contributed by atoms with van der Waals surface area (Å²) in [5.41, 5.74) is 3.44. The van der Waals surface area contributed by atoms with Gasteiger partial charge in [0.1, 0.15) is 5.69 Å². The van der Waals surface area contributed by atoms with Crippen molar-refractivity contribution in [1.29, 1.82) is 0 Å². The van der Waals surface area contributed by atoms with Gasteiger partial charge in [-0.15, -0.1) is 0 Å². The smallest absolute Gasteiger partial charge is 0.339 e. The van der Waals surface area contributed by atoms with E-state index in [2.05, 4.69) is 10.3 Å². The fraction of sp³-hybridized carbons (Fsp3) is 0.217. The van der Waals surface area contributed by atoms with Gasteiger partial charge in [0.15, 0.2) is 0 Å². The van der Waals surface area contributed by atoms with E-state index in [-0.39, 0.29) is 5.56 Å². The molecule has 4 aromatic rings. The fourth-order valence-electron chi connectivity index (χ4n) is 4.24. The summed E-state index contributed by atoms with van der Waals surface area (Å²) in [5, 5.41) is 4.46. The average molecular weight is 439 g/mol. The van der Waals surface area contributed by atoms with Crippen LogP contribution in [0.25, 0.3) is 27.7 Å². The Balaban J connectivity index is 1.52. The Morgan fingerprint density at radius 1 is 1.06 bits per heavy atom. The van der Waals surface area contributed by atoms with Gasteiger partial charge in [-0.05, 0) is 54.8 Å². The van der Waals surface area contributed by atoms with Crippen LogP contribution < -0.4 is 16.7 Å². The van der Waals surface area contributed by atoms with Crippen LogP contribution in [0.3, 0.4) is 0 Å². The number of rotatable bonds is 2. The van der Waals surface area contributed by atoms with Gasteiger partial charge in [0.2, 0.25) is 0 Å². The van der Waals surface area contributed by atoms with Crippen LogP contribution in [0.5, 0.6) is 0 Å². The van der Waals surface area contributed by atoms with Crippen molar-refractivity contribution in [1.82, 2.24) is 19.5 Å². The van der Waals surface area contributed by atoms with Gasteiger partial charge in [-0.2, -0.15) is 13.2 Å². The molecule has 0 spiro atoms. The standard InChI is InChI=1S/C23H20F3N5O/c24-23(25,26)21-6-3-15(12-29-21)14-7-9-30(22(32)10-14)16-4-5-17-18-13-28-8-1-2-19(18)31(27)20(17)11-16/h3-7,9-12,28H,1-2,8,13,27H2. The summed E-state index contributed by atoms with van der Waals surface area (Å²) in [6.07, 6.45) is 0.116. The third kappa shape index (κ3) is 3.44. The number of fused-ring (bicyclic) bond motifs is 3. The zero-order valence-electron chi connectivity index (χ0n) is 17.0. The van der Waals surface area contributed by atoms with Crippen LogP contribution in [0.15, 0.2) is 59.7 Å². The van der Waals surface area contributed by atoms with Crippen molar-refractivity contribution in [3.63, 3.8) is 0 Å². The maximum absolute atomic E-state index is 12.8. The summed E-state index contributed by atoms with van der Waals surface area (Å²) in [7, 11) is 0. The number of benzene rings is 1. The molecule has 1 aliphatic rings. The van der Waals surface area contributed by atoms with E-state index in [0.717, 1.165) is 54.8 Å². The number of nitrogens with zero attached hydrogens (tertiary/aromatic N) is 3. The minimum absolute atomic E-state index is 0.305. The first-order valence-electron chi connectivity index (χ1n) is 10.2. The van der Waals surface area contributed by atoms with Crippen molar-refractivity contribution in [3.05, 3.63) is 82.2 Å². The lowest BCUT2D eigenvalue weighted by atomic mass is 10.1. The molecule has 0 radical (unpaired) electrons. The molecule has 1 aromatic carbocycles. The number of hydrogen-bond donors (Lipinski definition) is 2. The predicted octanol–water partition coefficient (Wildman–Crippen LogP) is 3.62. The highest BCUT2D eigenvalue weighted by Crippen LogP contribution is 2.30. The van der Waals surface area contributed by atoms with Gasteiger partial charge in [-0.1, -0.05) is 12.1 Å². The molecule has 6 nitrogen and oxygen atoms in total. The second kappa shape index (κ2) is 7.52. The molecular weight excluding hydrogens is 419 g/mol. The van der Waals surface area contributed by atoms with Crippen LogP contribution in [0, 0.1) is 0 Å². The van der Waals surface area contributed by atoms with Gasteiger partial charge in [-0.25, -0.2) is 0 Å². The molecule has 164 valence electrons. The van der Waals surface area contributed by atoms with E-state index in [1.54, 1.807) is 16.9 Å². The maximum atomic E-state index is 12.8. The molecular formula is C23H20F3N5O. The Kier molecular flexibility index (Phi) is 4.78. The molecule has 0 saturated carbocycles. The highest BCUT2D eigenvalue weighted by Gasteiger charge is 2.32. The first-order valence-corrected chi connectivity index (χ1v) is 10.2. The molecule has 0 bridgehead atoms. The molecule has 3 aromatic heterocycles. The van der Waals surface area contributed by atoms with Crippen LogP contribution in [-0.4, -0.2) is 20.8 Å². The third-order valence-corrected chi connectivity index (χ3v) is 5.86. The number of nitrogens with two attached hydrogens (primary N) is 1. The summed E-state index contributed by atoms with van der Waals surface area (Å²) in [6.45, 7) is 1.70. The lowest BCUT2D eigenvalue weighted by Crippen LogP contribution is -2.17. The van der Waals surface area contributed by atoms with Gasteiger partial charge in [0, 0.05) is 41.6 Å². The molecule has 3 N–H and O–H groups in total. The van der Waals surface area contributed by atoms with Gasteiger partial charge in [-0.3, -0.25) is 19.0 Å². The SMILES string of the molecule is Nn1c2c(c3ccc(-n4ccc(-c5ccc(C(F)(F)F)nc5)cc4=O)cc31)CNCCC2. The third-order valence-electron chi connectivity index (χ3n) is 5.86. The molecule has 0 saturated heterocycles. The van der Waals surface area contributed by atoms with E-state index in [1.165, 1.54) is 22.3 Å². The first-order chi connectivity index (χ1) is 15.3. The lowest BCUT2D eigenvalue weighted by Gasteiger charge is -2.10. The van der Waals surface area contributed by atoms with Crippen LogP contribution >= 0.6 is 0 Å². The van der Waals surface area contributed by atoms with Crippen molar-refractivity contribution < 1.29 is 13.2 Å². The van der Waals surface area contributed by atoms with Crippen molar-refractivity contribution in [2.24, 2.45) is 0 Å². The van der Waals surface area contributed by atoms with Crippen molar-refractivity contribution in [2.75, 3.05) is 12.4 Å². The second-order valence-electron chi connectivity index (χ2n) is 7.83. The molecule has 4 heterocycles. The van der Waals surface area contributed by atoms with Gasteiger partial charge >= 0.3 is 6.18 Å². The van der Waals surface area contributed by atoms with Crippen molar-refractivity contribution >= 4 is 10.9 Å². The topological polar surface area (TPSA) is 77.9 Å². The van der Waals surface area contributed by atoms with E-state index >= 15 is 0 Å². The number of halogens is 3. The monoisotopic (exact) mass is 439 g/mol. The zero-order chi connectivity index (χ0) is 22.5. The Hall–Kier alpha value is -3.59. The van der Waals surface area contributed by atoms with Crippen LogP contribution in [0.4, 0.5) is 13.2 Å². The van der Waals surface area contributed by atoms with Crippen LogP contribution in [-0.2, 0) is 19.1 Å². The minimum Gasteiger partial charge on any atom is -0.339 e. The van der Waals surface area contributed by atoms with Crippen molar-refractivity contribution in [2.45, 2.75) is 25.6 Å². The highest BCUT2D eigenvalue weighted by atomic mass is 19.4. The van der Waals surface area contributed by atoms with Gasteiger partial charge in [0.05, 0.1) is 11.2 Å². The molecule has 9 heteroatoms. The molecule has 0 unspecified atom stereocenters. The number of nitrogen functional groups attached to an aromatic ring is 1. The van der Waals surface area contributed by atoms with Crippen molar-refractivity contribution in [3.8, 4) is 16.8 Å². The van der Waals surface area contributed by atoms with E-state index < -0.39 is 11.9 Å². The number of pyridine rings is 2. The van der Waals surface area contributed by atoms with Crippen LogP contribution in [0.2, 0.25) is 0 Å². The number of nitrogens with one attached hydrogen (secondary N) is 1. The Morgan fingerprint density at radius 3 is 2.62 bits per heavy atom. The first kappa shape index (κ1) is 20.3. The summed E-state index contributed by atoms with van der Waals surface area (Å²) >= 11 is 0. The average Bonchev–Trinajstić information content (AvgIpc) is 2.93. The molecule has 0 aliphatic carbocycles. The molecule has 5 rings (SSSR count). The number of alkyl halides is 3. The summed E-state index contributed by atoms with van der Waals surface area (Å²) in [5.74, 6) is 6.37. The number of hydrogen-bond acceptors (Lipinski definition) is 4. The number of aromatic nitrogens is 3. The Morgan fingerprint density at radius 2 is 1.91 bits per heavy atom. The predicted molar refractivity (Wildman–Crippen MR) is 116 cm³/mol. The fourth-order valence-corrected chi connectivity index (χ4v) is 4.24. The maximum Gasteiger partial charge on any atom is 0.433 e. The van der Waals surface area contributed by atoms with E-state index in [0.29, 0.717) is 16.8 Å². The molecule has 0 amide bonds. The lowest BCUT2D eigenvalue weighted by molar-refractivity contribution is -0.141. The van der Waals surface area contributed by atoms with E-state index in [9.17, 15) is 18.0 Å². The summed E-state index contributed by atoms with van der Waals surface area (Å²) in [4.78, 5) is 16.3. The van der Waals surface area contributed by atoms with E-state index in [4.69, 9.17) is 5.84 Å². The molecule has 1 aliphatic heterocycles. The highest BCUT2D eigenvalue weighted by molar-refractivity contribution is 5.87. The Labute approximate surface area is 181 Å². The van der Waals surface area contributed by atoms with Crippen LogP contribution in [0.1, 0.15) is 23.4 Å². The normalized spacial score (nSPS) is 14.3. The Bertz CT molecular complexity index is 1370. The molecule has 32 heavy (non-hydrogen) atoms. The molecule has 0 atom stereocenters. The van der Waals surface area contributed by atoms with Gasteiger partial charge in [0.25, 0.3) is 5.56 Å². The largest absolute Gasteiger partial charge is 0.433 e. The second-order valence-corrected chi connectivity index (χ2v) is 7.83. The van der Waals surface area contributed by atoms with Gasteiger partial charge < -0.3 is 11.2 Å².